The van der Waals surface area contributed by atoms with E-state index in [9.17, 15) is 18.0 Å². The van der Waals surface area contributed by atoms with Crippen LogP contribution in [0.15, 0.2) is 53.4 Å². The number of esters is 1. The molecule has 1 N–H and O–H groups in total. The minimum atomic E-state index is -3.84. The second kappa shape index (κ2) is 10.3. The third-order valence-corrected chi connectivity index (χ3v) is 7.42. The van der Waals surface area contributed by atoms with Crippen molar-refractivity contribution in [3.63, 3.8) is 0 Å². The van der Waals surface area contributed by atoms with Gasteiger partial charge in [0.1, 0.15) is 4.90 Å². The smallest absolute Gasteiger partial charge is 0.338 e. The van der Waals surface area contributed by atoms with Crippen molar-refractivity contribution in [3.8, 4) is 0 Å². The van der Waals surface area contributed by atoms with Gasteiger partial charge in [0.2, 0.25) is 10.0 Å². The SMILES string of the molecule is CC1CCCN(S(=O)(=O)c2cc(C(=O)OCC(=O)NCc3ccccc3)ccc2Cl)C1. The Morgan fingerprint density at radius 2 is 1.94 bits per heavy atom. The first-order valence-corrected chi connectivity index (χ1v) is 11.9. The van der Waals surface area contributed by atoms with Gasteiger partial charge < -0.3 is 10.1 Å². The average Bonchev–Trinajstić information content (AvgIpc) is 2.77. The highest BCUT2D eigenvalue weighted by atomic mass is 35.5. The summed E-state index contributed by atoms with van der Waals surface area (Å²) in [5, 5.41) is 2.70. The summed E-state index contributed by atoms with van der Waals surface area (Å²) in [4.78, 5) is 24.2. The number of carbonyl (C=O) groups excluding carboxylic acids is 2. The highest BCUT2D eigenvalue weighted by Gasteiger charge is 2.31. The Balaban J connectivity index is 1.63. The Morgan fingerprint density at radius 1 is 1.19 bits per heavy atom. The largest absolute Gasteiger partial charge is 0.452 e. The van der Waals surface area contributed by atoms with Gasteiger partial charge in [-0.25, -0.2) is 13.2 Å². The standard InChI is InChI=1S/C22H25ClN2O5S/c1-16-6-5-11-25(14-16)31(28,29)20-12-18(9-10-19(20)23)22(27)30-15-21(26)24-13-17-7-3-2-4-8-17/h2-4,7-10,12,16H,5-6,11,13-15H2,1H3,(H,24,26). The minimum absolute atomic E-state index is 0.0175. The van der Waals surface area contributed by atoms with E-state index < -0.39 is 28.5 Å². The van der Waals surface area contributed by atoms with E-state index in [0.29, 0.717) is 19.6 Å². The number of amides is 1. The van der Waals surface area contributed by atoms with E-state index in [1.165, 1.54) is 22.5 Å². The first-order valence-electron chi connectivity index (χ1n) is 10.0. The molecule has 1 aliphatic rings. The third kappa shape index (κ3) is 6.06. The van der Waals surface area contributed by atoms with Gasteiger partial charge in [0.15, 0.2) is 6.61 Å². The highest BCUT2D eigenvalue weighted by molar-refractivity contribution is 7.89. The number of halogens is 1. The van der Waals surface area contributed by atoms with Crippen molar-refractivity contribution in [1.29, 1.82) is 0 Å². The van der Waals surface area contributed by atoms with Crippen LogP contribution in [0.2, 0.25) is 5.02 Å². The summed E-state index contributed by atoms with van der Waals surface area (Å²) in [6, 6.07) is 13.3. The number of piperidine rings is 1. The molecule has 0 aliphatic carbocycles. The number of nitrogens with one attached hydrogen (secondary N) is 1. The normalized spacial score (nSPS) is 17.2. The van der Waals surface area contributed by atoms with Crippen LogP contribution in [-0.4, -0.2) is 44.3 Å². The van der Waals surface area contributed by atoms with E-state index in [1.807, 2.05) is 37.3 Å². The van der Waals surface area contributed by atoms with Crippen molar-refractivity contribution >= 4 is 33.5 Å². The summed E-state index contributed by atoms with van der Waals surface area (Å²) in [7, 11) is -3.84. The van der Waals surface area contributed by atoms with Crippen molar-refractivity contribution in [3.05, 3.63) is 64.7 Å². The maximum Gasteiger partial charge on any atom is 0.338 e. The van der Waals surface area contributed by atoms with E-state index >= 15 is 0 Å². The molecule has 2 aromatic rings. The minimum Gasteiger partial charge on any atom is -0.452 e. The number of hydrogen-bond donors (Lipinski definition) is 1. The number of ether oxygens (including phenoxy) is 1. The molecule has 7 nitrogen and oxygen atoms in total. The first kappa shape index (κ1) is 23.2. The van der Waals surface area contributed by atoms with E-state index in [1.54, 1.807) is 0 Å². The van der Waals surface area contributed by atoms with Gasteiger partial charge in [-0.15, -0.1) is 0 Å². The zero-order valence-electron chi connectivity index (χ0n) is 17.2. The molecule has 2 aromatic carbocycles. The zero-order chi connectivity index (χ0) is 22.4. The van der Waals surface area contributed by atoms with Gasteiger partial charge in [-0.1, -0.05) is 48.9 Å². The fourth-order valence-corrected chi connectivity index (χ4v) is 5.49. The molecule has 1 atom stereocenters. The van der Waals surface area contributed by atoms with Crippen LogP contribution in [0.25, 0.3) is 0 Å². The van der Waals surface area contributed by atoms with Gasteiger partial charge >= 0.3 is 5.97 Å². The Morgan fingerprint density at radius 3 is 2.65 bits per heavy atom. The van der Waals surface area contributed by atoms with Crippen LogP contribution in [0.3, 0.4) is 0 Å². The van der Waals surface area contributed by atoms with Gasteiger partial charge in [0, 0.05) is 19.6 Å². The molecule has 9 heteroatoms. The van der Waals surface area contributed by atoms with E-state index in [-0.39, 0.29) is 21.4 Å². The summed E-state index contributed by atoms with van der Waals surface area (Å²) >= 11 is 6.15. The van der Waals surface area contributed by atoms with Crippen LogP contribution < -0.4 is 5.32 Å². The second-order valence-corrected chi connectivity index (χ2v) is 9.91. The Kier molecular flexibility index (Phi) is 7.69. The van der Waals surface area contributed by atoms with E-state index in [4.69, 9.17) is 16.3 Å². The first-order chi connectivity index (χ1) is 14.8. The predicted molar refractivity (Wildman–Crippen MR) is 117 cm³/mol. The molecule has 0 bridgehead atoms. The van der Waals surface area contributed by atoms with E-state index in [2.05, 4.69) is 5.32 Å². The molecule has 31 heavy (non-hydrogen) atoms. The molecular weight excluding hydrogens is 440 g/mol. The lowest BCUT2D eigenvalue weighted by Gasteiger charge is -2.30. The Bertz CT molecular complexity index is 1040. The number of hydrogen-bond acceptors (Lipinski definition) is 5. The quantitative estimate of drug-likeness (QED) is 0.635. The lowest BCUT2D eigenvalue weighted by atomic mass is 10.0. The van der Waals surface area contributed by atoms with Gasteiger partial charge in [-0.3, -0.25) is 4.79 Å². The number of sulfonamides is 1. The molecular formula is C22H25ClN2O5S. The van der Waals surface area contributed by atoms with Crippen LogP contribution in [0.4, 0.5) is 0 Å². The van der Waals surface area contributed by atoms with Crippen LogP contribution in [-0.2, 0) is 26.1 Å². The number of nitrogens with zero attached hydrogens (tertiary/aromatic N) is 1. The van der Waals surface area contributed by atoms with Crippen LogP contribution in [0.1, 0.15) is 35.7 Å². The molecule has 1 heterocycles. The maximum atomic E-state index is 13.0. The fraction of sp³-hybridized carbons (Fsp3) is 0.364. The predicted octanol–water partition coefficient (Wildman–Crippen LogP) is 3.23. The van der Waals surface area contributed by atoms with Gasteiger partial charge in [0.25, 0.3) is 5.91 Å². The van der Waals surface area contributed by atoms with Gasteiger partial charge in [0.05, 0.1) is 10.6 Å². The molecule has 1 unspecified atom stereocenters. The molecule has 3 rings (SSSR count). The molecule has 0 aromatic heterocycles. The van der Waals surface area contributed by atoms with Crippen molar-refractivity contribution < 1.29 is 22.7 Å². The van der Waals surface area contributed by atoms with Crippen LogP contribution in [0, 0.1) is 5.92 Å². The summed E-state index contributed by atoms with van der Waals surface area (Å²) in [5.41, 5.74) is 0.936. The molecule has 1 fully saturated rings. The summed E-state index contributed by atoms with van der Waals surface area (Å²) in [5.74, 6) is -0.999. The molecule has 1 saturated heterocycles. The van der Waals surface area contributed by atoms with Crippen molar-refractivity contribution in [2.24, 2.45) is 5.92 Å². The lowest BCUT2D eigenvalue weighted by molar-refractivity contribution is -0.124. The maximum absolute atomic E-state index is 13.0. The van der Waals surface area contributed by atoms with Crippen molar-refractivity contribution in [2.45, 2.75) is 31.2 Å². The monoisotopic (exact) mass is 464 g/mol. The highest BCUT2D eigenvalue weighted by Crippen LogP contribution is 2.29. The Hall–Kier alpha value is -2.42. The molecule has 1 aliphatic heterocycles. The third-order valence-electron chi connectivity index (χ3n) is 5.07. The van der Waals surface area contributed by atoms with Crippen LogP contribution in [0.5, 0.6) is 0 Å². The second-order valence-electron chi connectivity index (χ2n) is 7.59. The summed E-state index contributed by atoms with van der Waals surface area (Å²) in [6.45, 7) is 2.67. The van der Waals surface area contributed by atoms with E-state index in [0.717, 1.165) is 18.4 Å². The summed E-state index contributed by atoms with van der Waals surface area (Å²) < 4.78 is 32.5. The van der Waals surface area contributed by atoms with Gasteiger partial charge in [-0.2, -0.15) is 4.31 Å². The molecule has 0 spiro atoms. The molecule has 166 valence electrons. The number of carbonyl (C=O) groups is 2. The summed E-state index contributed by atoms with van der Waals surface area (Å²) in [6.07, 6.45) is 1.75. The average molecular weight is 465 g/mol. The van der Waals surface area contributed by atoms with Gasteiger partial charge in [-0.05, 0) is 42.5 Å². The van der Waals surface area contributed by atoms with Crippen molar-refractivity contribution in [1.82, 2.24) is 9.62 Å². The topological polar surface area (TPSA) is 92.8 Å². The zero-order valence-corrected chi connectivity index (χ0v) is 18.8. The molecule has 1 amide bonds. The molecule has 0 radical (unpaired) electrons. The fourth-order valence-electron chi connectivity index (χ4n) is 3.39. The molecule has 0 saturated carbocycles. The lowest BCUT2D eigenvalue weighted by Crippen LogP contribution is -2.39. The number of rotatable bonds is 7. The number of benzene rings is 2. The van der Waals surface area contributed by atoms with Crippen LogP contribution >= 0.6 is 11.6 Å². The Labute approximate surface area is 187 Å². The van der Waals surface area contributed by atoms with Crippen molar-refractivity contribution in [2.75, 3.05) is 19.7 Å².